The number of nitrogens with zero attached hydrogens (tertiary/aromatic N) is 3. The minimum absolute atomic E-state index is 0.00246. The van der Waals surface area contributed by atoms with Crippen molar-refractivity contribution in [3.63, 3.8) is 0 Å². The van der Waals surface area contributed by atoms with Crippen molar-refractivity contribution in [2.45, 2.75) is 70.4 Å². The Labute approximate surface area is 175 Å². The lowest BCUT2D eigenvalue weighted by molar-refractivity contribution is -0.127. The molecule has 1 saturated carbocycles. The summed E-state index contributed by atoms with van der Waals surface area (Å²) < 4.78 is 0. The predicted molar refractivity (Wildman–Crippen MR) is 117 cm³/mol. The Morgan fingerprint density at radius 2 is 1.62 bits per heavy atom. The van der Waals surface area contributed by atoms with Crippen LogP contribution in [-0.2, 0) is 9.59 Å². The van der Waals surface area contributed by atoms with Crippen LogP contribution in [0.3, 0.4) is 0 Å². The second-order valence-electron chi connectivity index (χ2n) is 8.48. The molecule has 3 N–H and O–H groups in total. The quantitative estimate of drug-likeness (QED) is 0.411. The van der Waals surface area contributed by atoms with Gasteiger partial charge in [0.2, 0.25) is 11.8 Å². The van der Waals surface area contributed by atoms with E-state index in [-0.39, 0.29) is 18.4 Å². The molecule has 0 spiro atoms. The van der Waals surface area contributed by atoms with Crippen LogP contribution in [0, 0.1) is 0 Å². The molecule has 166 valence electrons. The monoisotopic (exact) mass is 408 g/mol. The molecule has 2 amide bonds. The Morgan fingerprint density at radius 1 is 1.00 bits per heavy atom. The summed E-state index contributed by atoms with van der Waals surface area (Å²) in [5.41, 5.74) is 0. The van der Waals surface area contributed by atoms with Gasteiger partial charge in [0.05, 0.1) is 6.54 Å². The third kappa shape index (κ3) is 9.02. The number of likely N-dealkylation sites (N-methyl/N-ethyl adjacent to an activating group) is 1. The van der Waals surface area contributed by atoms with Gasteiger partial charge in [-0.25, -0.2) is 4.99 Å². The minimum atomic E-state index is 0.00246. The van der Waals surface area contributed by atoms with Crippen molar-refractivity contribution in [2.24, 2.45) is 4.99 Å². The lowest BCUT2D eigenvalue weighted by Gasteiger charge is -2.33. The van der Waals surface area contributed by atoms with Crippen LogP contribution in [0.1, 0.15) is 58.3 Å². The highest BCUT2D eigenvalue weighted by Crippen LogP contribution is 2.17. The molecular formula is C21H40N6O2. The lowest BCUT2D eigenvalue weighted by Crippen LogP contribution is -2.52. The van der Waals surface area contributed by atoms with Gasteiger partial charge in [-0.2, -0.15) is 0 Å². The number of carbonyl (C=O) groups is 2. The van der Waals surface area contributed by atoms with E-state index in [1.54, 1.807) is 19.0 Å². The molecule has 8 heteroatoms. The van der Waals surface area contributed by atoms with Crippen LogP contribution >= 0.6 is 0 Å². The maximum absolute atomic E-state index is 12.0. The molecule has 2 fully saturated rings. The van der Waals surface area contributed by atoms with Gasteiger partial charge in [0, 0.05) is 45.8 Å². The van der Waals surface area contributed by atoms with Gasteiger partial charge in [-0.3, -0.25) is 14.5 Å². The number of aliphatic imine (C=N–C) groups is 1. The molecule has 2 aliphatic rings. The highest BCUT2D eigenvalue weighted by Gasteiger charge is 2.23. The first-order chi connectivity index (χ1) is 14.0. The smallest absolute Gasteiger partial charge is 0.243 e. The number of amides is 2. The fourth-order valence-corrected chi connectivity index (χ4v) is 3.81. The molecule has 2 rings (SSSR count). The number of rotatable bonds is 8. The molecular weight excluding hydrogens is 368 g/mol. The molecule has 1 saturated heterocycles. The summed E-state index contributed by atoms with van der Waals surface area (Å²) in [4.78, 5) is 32.2. The summed E-state index contributed by atoms with van der Waals surface area (Å²) in [5, 5.41) is 10.0. The second-order valence-corrected chi connectivity index (χ2v) is 8.48. The number of guanidine groups is 1. The lowest BCUT2D eigenvalue weighted by atomic mass is 9.95. The Hall–Kier alpha value is -1.83. The van der Waals surface area contributed by atoms with Crippen molar-refractivity contribution in [3.8, 4) is 0 Å². The Balaban J connectivity index is 1.83. The number of hydrogen-bond acceptors (Lipinski definition) is 4. The van der Waals surface area contributed by atoms with Gasteiger partial charge in [-0.1, -0.05) is 26.2 Å². The maximum Gasteiger partial charge on any atom is 0.243 e. The van der Waals surface area contributed by atoms with Gasteiger partial charge in [-0.05, 0) is 32.1 Å². The van der Waals surface area contributed by atoms with E-state index in [9.17, 15) is 9.59 Å². The third-order valence-electron chi connectivity index (χ3n) is 5.69. The zero-order valence-electron chi connectivity index (χ0n) is 18.5. The summed E-state index contributed by atoms with van der Waals surface area (Å²) >= 11 is 0. The van der Waals surface area contributed by atoms with Gasteiger partial charge in [-0.15, -0.1) is 0 Å². The highest BCUT2D eigenvalue weighted by molar-refractivity contribution is 5.85. The van der Waals surface area contributed by atoms with Crippen molar-refractivity contribution >= 4 is 17.8 Å². The first kappa shape index (κ1) is 23.4. The molecule has 0 atom stereocenters. The topological polar surface area (TPSA) is 89.1 Å². The van der Waals surface area contributed by atoms with Crippen LogP contribution < -0.4 is 16.0 Å². The van der Waals surface area contributed by atoms with Gasteiger partial charge >= 0.3 is 0 Å². The third-order valence-corrected chi connectivity index (χ3v) is 5.69. The second kappa shape index (κ2) is 12.7. The molecule has 0 aromatic carbocycles. The van der Waals surface area contributed by atoms with Crippen molar-refractivity contribution in [1.82, 2.24) is 25.8 Å². The van der Waals surface area contributed by atoms with Crippen LogP contribution in [0.15, 0.2) is 4.99 Å². The zero-order valence-corrected chi connectivity index (χ0v) is 18.5. The molecule has 1 aliphatic carbocycles. The van der Waals surface area contributed by atoms with Gasteiger partial charge in [0.1, 0.15) is 6.54 Å². The van der Waals surface area contributed by atoms with Crippen molar-refractivity contribution in [1.29, 1.82) is 0 Å². The summed E-state index contributed by atoms with van der Waals surface area (Å²) in [6.07, 6.45) is 9.02. The SMILES string of the molecule is CCCNC(=O)CN1CCC(NC(=NCC(=O)N(C)C)NC2CCCCC2)CC1. The minimum Gasteiger partial charge on any atom is -0.355 e. The van der Waals surface area contributed by atoms with Gasteiger partial charge in [0.15, 0.2) is 5.96 Å². The highest BCUT2D eigenvalue weighted by atomic mass is 16.2. The Bertz CT molecular complexity index is 537. The van der Waals surface area contributed by atoms with Crippen LogP contribution in [0.25, 0.3) is 0 Å². The molecule has 0 radical (unpaired) electrons. The Morgan fingerprint density at radius 3 is 2.21 bits per heavy atom. The van der Waals surface area contributed by atoms with E-state index in [4.69, 9.17) is 0 Å². The molecule has 0 aromatic heterocycles. The molecule has 1 aliphatic heterocycles. The maximum atomic E-state index is 12.0. The van der Waals surface area contributed by atoms with Crippen LogP contribution in [-0.4, -0.2) is 86.5 Å². The first-order valence-electron chi connectivity index (χ1n) is 11.2. The number of hydrogen-bond donors (Lipinski definition) is 3. The molecule has 8 nitrogen and oxygen atoms in total. The fourth-order valence-electron chi connectivity index (χ4n) is 3.81. The van der Waals surface area contributed by atoms with Crippen LogP contribution in [0.5, 0.6) is 0 Å². The average Bonchev–Trinajstić information content (AvgIpc) is 2.72. The van der Waals surface area contributed by atoms with Crippen molar-refractivity contribution in [3.05, 3.63) is 0 Å². The average molecular weight is 409 g/mol. The molecule has 0 bridgehead atoms. The molecule has 1 heterocycles. The van der Waals surface area contributed by atoms with E-state index in [0.717, 1.165) is 57.7 Å². The number of nitrogens with one attached hydrogen (secondary N) is 3. The Kier molecular flexibility index (Phi) is 10.2. The van der Waals surface area contributed by atoms with Gasteiger partial charge < -0.3 is 20.9 Å². The summed E-state index contributed by atoms with van der Waals surface area (Å²) in [6.45, 7) is 5.23. The zero-order chi connectivity index (χ0) is 21.1. The van der Waals surface area contributed by atoms with E-state index < -0.39 is 0 Å². The van der Waals surface area contributed by atoms with E-state index in [0.29, 0.717) is 18.6 Å². The summed E-state index contributed by atoms with van der Waals surface area (Å²) in [6, 6.07) is 0.751. The van der Waals surface area contributed by atoms with E-state index in [2.05, 4.69) is 32.8 Å². The fraction of sp³-hybridized carbons (Fsp3) is 0.857. The molecule has 0 aromatic rings. The van der Waals surface area contributed by atoms with Crippen LogP contribution in [0.4, 0.5) is 0 Å². The molecule has 29 heavy (non-hydrogen) atoms. The number of likely N-dealkylation sites (tertiary alicyclic amines) is 1. The molecule has 0 unspecified atom stereocenters. The van der Waals surface area contributed by atoms with E-state index in [1.165, 1.54) is 19.3 Å². The normalized spacial score (nSPS) is 19.6. The summed E-state index contributed by atoms with van der Waals surface area (Å²) in [5.74, 6) is 0.871. The number of carbonyl (C=O) groups excluding carboxylic acids is 2. The first-order valence-corrected chi connectivity index (χ1v) is 11.2. The number of piperidine rings is 1. The van der Waals surface area contributed by atoms with E-state index in [1.807, 2.05) is 0 Å². The van der Waals surface area contributed by atoms with E-state index >= 15 is 0 Å². The largest absolute Gasteiger partial charge is 0.355 e. The standard InChI is InChI=1S/C21H40N6O2/c1-4-12-22-19(28)16-27-13-10-18(11-14-27)25-21(23-15-20(29)26(2)3)24-17-8-6-5-7-9-17/h17-18H,4-16H2,1-3H3,(H,22,28)(H2,23,24,25). The predicted octanol–water partition coefficient (Wildman–Crippen LogP) is 0.933. The van der Waals surface area contributed by atoms with Crippen LogP contribution in [0.2, 0.25) is 0 Å². The van der Waals surface area contributed by atoms with Crippen molar-refractivity contribution < 1.29 is 9.59 Å². The van der Waals surface area contributed by atoms with Crippen molar-refractivity contribution in [2.75, 3.05) is 46.8 Å². The summed E-state index contributed by atoms with van der Waals surface area (Å²) in [7, 11) is 3.51. The van der Waals surface area contributed by atoms with Gasteiger partial charge in [0.25, 0.3) is 0 Å².